The van der Waals surface area contributed by atoms with Gasteiger partial charge in [-0.25, -0.2) is 10.9 Å². The van der Waals surface area contributed by atoms with Gasteiger partial charge in [0.05, 0.1) is 11.8 Å². The third kappa shape index (κ3) is 3.78. The lowest BCUT2D eigenvalue weighted by Crippen LogP contribution is -2.20. The van der Waals surface area contributed by atoms with Crippen LogP contribution in [0.15, 0.2) is 41.5 Å². The highest BCUT2D eigenvalue weighted by molar-refractivity contribution is 5.98. The lowest BCUT2D eigenvalue weighted by Gasteiger charge is -2.04. The molecule has 124 valence electrons. The van der Waals surface area contributed by atoms with E-state index in [0.717, 1.165) is 18.3 Å². The van der Waals surface area contributed by atoms with Gasteiger partial charge in [0, 0.05) is 23.3 Å². The molecule has 0 unspecified atom stereocenters. The zero-order valence-electron chi connectivity index (χ0n) is 12.1. The number of aromatic hydroxyl groups is 3. The van der Waals surface area contributed by atoms with Crippen molar-refractivity contribution in [2.45, 2.75) is 0 Å². The molecule has 0 aliphatic carbocycles. The number of amides is 2. The SMILES string of the molecule is O=C(NO)c1ccc(C(=O)N/N=C/c2c(O)cc(O)cc2O)cc1. The summed E-state index contributed by atoms with van der Waals surface area (Å²) in [6.45, 7) is 0. The lowest BCUT2D eigenvalue weighted by molar-refractivity contribution is 0.0706. The zero-order chi connectivity index (χ0) is 17.7. The number of hydroxylamine groups is 1. The van der Waals surface area contributed by atoms with Crippen LogP contribution in [0.1, 0.15) is 26.3 Å². The molecule has 24 heavy (non-hydrogen) atoms. The van der Waals surface area contributed by atoms with Crippen LogP contribution >= 0.6 is 0 Å². The maximum Gasteiger partial charge on any atom is 0.274 e. The third-order valence-electron chi connectivity index (χ3n) is 2.99. The number of phenols is 3. The molecule has 0 aliphatic rings. The van der Waals surface area contributed by atoms with E-state index in [1.807, 2.05) is 0 Å². The highest BCUT2D eigenvalue weighted by Crippen LogP contribution is 2.30. The summed E-state index contributed by atoms with van der Waals surface area (Å²) in [5, 5.41) is 40.4. The summed E-state index contributed by atoms with van der Waals surface area (Å²) in [6, 6.07) is 7.39. The Kier molecular flexibility index (Phi) is 4.97. The monoisotopic (exact) mass is 331 g/mol. The standard InChI is InChI=1S/C15H13N3O6/c19-10-5-12(20)11(13(21)6-10)7-16-17-14(22)8-1-3-9(4-2-8)15(23)18-24/h1-7,19-21,24H,(H,17,22)(H,18,23)/b16-7+. The van der Waals surface area contributed by atoms with Crippen molar-refractivity contribution >= 4 is 18.0 Å². The Balaban J connectivity index is 2.07. The van der Waals surface area contributed by atoms with Gasteiger partial charge in [0.25, 0.3) is 11.8 Å². The molecule has 0 aliphatic heterocycles. The van der Waals surface area contributed by atoms with Crippen LogP contribution in [-0.2, 0) is 0 Å². The minimum atomic E-state index is -0.710. The number of nitrogens with one attached hydrogen (secondary N) is 2. The van der Waals surface area contributed by atoms with Crippen molar-refractivity contribution in [2.24, 2.45) is 5.10 Å². The maximum atomic E-state index is 11.9. The molecule has 9 nitrogen and oxygen atoms in total. The van der Waals surface area contributed by atoms with E-state index >= 15 is 0 Å². The quantitative estimate of drug-likeness (QED) is 0.275. The van der Waals surface area contributed by atoms with Gasteiger partial charge < -0.3 is 15.3 Å². The molecule has 0 aromatic heterocycles. The van der Waals surface area contributed by atoms with Gasteiger partial charge in [-0.1, -0.05) is 0 Å². The molecule has 9 heteroatoms. The second-order valence-corrected chi connectivity index (χ2v) is 4.62. The Labute approximate surface area is 135 Å². The Morgan fingerprint density at radius 2 is 1.42 bits per heavy atom. The predicted octanol–water partition coefficient (Wildman–Crippen LogP) is 0.686. The van der Waals surface area contributed by atoms with E-state index in [-0.39, 0.29) is 22.4 Å². The van der Waals surface area contributed by atoms with E-state index in [1.54, 1.807) is 0 Å². The number of nitrogens with zero attached hydrogens (tertiary/aromatic N) is 1. The zero-order valence-corrected chi connectivity index (χ0v) is 12.1. The van der Waals surface area contributed by atoms with Crippen LogP contribution in [0.25, 0.3) is 0 Å². The van der Waals surface area contributed by atoms with Crippen molar-refractivity contribution in [1.82, 2.24) is 10.9 Å². The molecule has 0 spiro atoms. The van der Waals surface area contributed by atoms with Crippen LogP contribution in [0.4, 0.5) is 0 Å². The molecule has 2 aromatic rings. The van der Waals surface area contributed by atoms with Gasteiger partial charge in [-0.3, -0.25) is 14.8 Å². The first-order valence-electron chi connectivity index (χ1n) is 6.55. The number of hydrogen-bond donors (Lipinski definition) is 6. The average molecular weight is 331 g/mol. The molecule has 2 rings (SSSR count). The van der Waals surface area contributed by atoms with Gasteiger partial charge in [-0.05, 0) is 24.3 Å². The van der Waals surface area contributed by atoms with Crippen molar-refractivity contribution in [3.05, 3.63) is 53.1 Å². The molecule has 0 fully saturated rings. The van der Waals surface area contributed by atoms with Gasteiger partial charge in [0.15, 0.2) is 0 Å². The van der Waals surface area contributed by atoms with Crippen molar-refractivity contribution in [1.29, 1.82) is 0 Å². The maximum absolute atomic E-state index is 11.9. The van der Waals surface area contributed by atoms with E-state index in [4.69, 9.17) is 5.21 Å². The average Bonchev–Trinajstić information content (AvgIpc) is 2.56. The summed E-state index contributed by atoms with van der Waals surface area (Å²) in [6.07, 6.45) is 1.01. The molecule has 0 atom stereocenters. The fourth-order valence-corrected chi connectivity index (χ4v) is 1.80. The topological polar surface area (TPSA) is 151 Å². The molecule has 6 N–H and O–H groups in total. The molecule has 0 saturated carbocycles. The third-order valence-corrected chi connectivity index (χ3v) is 2.99. The van der Waals surface area contributed by atoms with E-state index in [2.05, 4.69) is 10.5 Å². The summed E-state index contributed by atoms with van der Waals surface area (Å²) in [5.74, 6) is -2.45. The van der Waals surface area contributed by atoms with Gasteiger partial charge in [-0.2, -0.15) is 5.10 Å². The number of carbonyl (C=O) groups excluding carboxylic acids is 2. The molecule has 0 heterocycles. The molecular formula is C15H13N3O6. The van der Waals surface area contributed by atoms with Crippen LogP contribution in [0, 0.1) is 0 Å². The van der Waals surface area contributed by atoms with Crippen LogP contribution in [-0.4, -0.2) is 38.6 Å². The second kappa shape index (κ2) is 7.11. The minimum Gasteiger partial charge on any atom is -0.508 e. The van der Waals surface area contributed by atoms with Crippen LogP contribution < -0.4 is 10.9 Å². The fraction of sp³-hybridized carbons (Fsp3) is 0. The first-order chi connectivity index (χ1) is 11.4. The smallest absolute Gasteiger partial charge is 0.274 e. The Morgan fingerprint density at radius 3 is 1.92 bits per heavy atom. The molecule has 0 bridgehead atoms. The minimum absolute atomic E-state index is 0.0805. The number of rotatable bonds is 4. The Morgan fingerprint density at radius 1 is 0.917 bits per heavy atom. The second-order valence-electron chi connectivity index (χ2n) is 4.62. The van der Waals surface area contributed by atoms with Crippen LogP contribution in [0.3, 0.4) is 0 Å². The van der Waals surface area contributed by atoms with E-state index < -0.39 is 23.3 Å². The van der Waals surface area contributed by atoms with E-state index in [9.17, 15) is 24.9 Å². The van der Waals surface area contributed by atoms with Gasteiger partial charge in [0.2, 0.25) is 0 Å². The van der Waals surface area contributed by atoms with Gasteiger partial charge in [0.1, 0.15) is 17.2 Å². The highest BCUT2D eigenvalue weighted by atomic mass is 16.5. The highest BCUT2D eigenvalue weighted by Gasteiger charge is 2.09. The molecule has 2 amide bonds. The number of phenolic OH excluding ortho intramolecular Hbond substituents is 3. The summed E-state index contributed by atoms with van der Waals surface area (Å²) in [4.78, 5) is 23.0. The summed E-state index contributed by atoms with van der Waals surface area (Å²) >= 11 is 0. The normalized spacial score (nSPS) is 10.5. The Bertz CT molecular complexity index is 778. The van der Waals surface area contributed by atoms with Crippen LogP contribution in [0.2, 0.25) is 0 Å². The molecule has 0 radical (unpaired) electrons. The lowest BCUT2D eigenvalue weighted by atomic mass is 10.1. The summed E-state index contributed by atoms with van der Waals surface area (Å²) in [5.41, 5.74) is 3.92. The fourth-order valence-electron chi connectivity index (χ4n) is 1.80. The van der Waals surface area contributed by atoms with Gasteiger partial charge in [-0.15, -0.1) is 0 Å². The van der Waals surface area contributed by atoms with Crippen molar-refractivity contribution in [3.8, 4) is 17.2 Å². The molecule has 0 saturated heterocycles. The number of carbonyl (C=O) groups is 2. The van der Waals surface area contributed by atoms with Crippen molar-refractivity contribution in [2.75, 3.05) is 0 Å². The summed E-state index contributed by atoms with van der Waals surface area (Å²) < 4.78 is 0. The van der Waals surface area contributed by atoms with Crippen LogP contribution in [0.5, 0.6) is 17.2 Å². The largest absolute Gasteiger partial charge is 0.508 e. The predicted molar refractivity (Wildman–Crippen MR) is 82.2 cm³/mol. The van der Waals surface area contributed by atoms with Crippen molar-refractivity contribution in [3.63, 3.8) is 0 Å². The molecular weight excluding hydrogens is 318 g/mol. The number of hydrogen-bond acceptors (Lipinski definition) is 7. The first kappa shape index (κ1) is 16.8. The molecule has 2 aromatic carbocycles. The summed E-state index contributed by atoms with van der Waals surface area (Å²) in [7, 11) is 0. The van der Waals surface area contributed by atoms with E-state index in [1.165, 1.54) is 29.7 Å². The van der Waals surface area contributed by atoms with Crippen molar-refractivity contribution < 1.29 is 30.1 Å². The first-order valence-corrected chi connectivity index (χ1v) is 6.55. The van der Waals surface area contributed by atoms with E-state index in [0.29, 0.717) is 0 Å². The number of benzene rings is 2. The Hall–Kier alpha value is -3.59. The van der Waals surface area contributed by atoms with Gasteiger partial charge >= 0.3 is 0 Å². The number of hydrazone groups is 1.